The van der Waals surface area contributed by atoms with Crippen molar-refractivity contribution in [2.45, 2.75) is 33.4 Å². The highest BCUT2D eigenvalue weighted by atomic mass is 16.5. The minimum atomic E-state index is -0.804. The molecule has 156 valence electrons. The fourth-order valence-corrected chi connectivity index (χ4v) is 3.07. The third-order valence-corrected chi connectivity index (χ3v) is 4.70. The van der Waals surface area contributed by atoms with Gasteiger partial charge in [0.1, 0.15) is 6.04 Å². The van der Waals surface area contributed by atoms with Crippen molar-refractivity contribution in [1.82, 2.24) is 14.9 Å². The summed E-state index contributed by atoms with van der Waals surface area (Å²) in [6.07, 6.45) is 4.97. The predicted octanol–water partition coefficient (Wildman–Crippen LogP) is 3.86. The summed E-state index contributed by atoms with van der Waals surface area (Å²) < 4.78 is 7.09. The van der Waals surface area contributed by atoms with Crippen LogP contribution in [0.15, 0.2) is 67.3 Å². The van der Waals surface area contributed by atoms with Crippen molar-refractivity contribution in [3.8, 4) is 11.1 Å². The van der Waals surface area contributed by atoms with Crippen LogP contribution in [-0.4, -0.2) is 34.1 Å². The number of imidazole rings is 1. The second kappa shape index (κ2) is 9.87. The minimum Gasteiger partial charge on any atom is -0.464 e. The summed E-state index contributed by atoms with van der Waals surface area (Å²) >= 11 is 0. The average molecular weight is 405 g/mol. The fraction of sp³-hybridized carbons (Fsp3) is 0.292. The smallest absolute Gasteiger partial charge is 0.330 e. The van der Waals surface area contributed by atoms with Gasteiger partial charge in [-0.3, -0.25) is 4.79 Å². The lowest BCUT2D eigenvalue weighted by molar-refractivity contribution is -0.147. The third-order valence-electron chi connectivity index (χ3n) is 4.70. The first-order chi connectivity index (χ1) is 14.4. The molecule has 3 aromatic rings. The Bertz CT molecular complexity index is 979. The van der Waals surface area contributed by atoms with Crippen LogP contribution in [0.4, 0.5) is 0 Å². The van der Waals surface area contributed by atoms with E-state index in [4.69, 9.17) is 4.74 Å². The van der Waals surface area contributed by atoms with Crippen molar-refractivity contribution >= 4 is 11.9 Å². The van der Waals surface area contributed by atoms with Gasteiger partial charge in [0.25, 0.3) is 5.91 Å². The summed E-state index contributed by atoms with van der Waals surface area (Å²) in [5, 5.41) is 2.80. The quantitative estimate of drug-likeness (QED) is 0.578. The van der Waals surface area contributed by atoms with Gasteiger partial charge >= 0.3 is 5.97 Å². The Hall–Kier alpha value is -3.41. The number of amides is 1. The summed E-state index contributed by atoms with van der Waals surface area (Å²) in [7, 11) is 0. The van der Waals surface area contributed by atoms with Crippen LogP contribution >= 0.6 is 0 Å². The van der Waals surface area contributed by atoms with Gasteiger partial charge in [0.05, 0.1) is 19.5 Å². The second-order valence-corrected chi connectivity index (χ2v) is 7.70. The Balaban J connectivity index is 1.72. The zero-order valence-electron chi connectivity index (χ0n) is 17.5. The lowest BCUT2D eigenvalue weighted by atomic mass is 9.99. The highest BCUT2D eigenvalue weighted by Gasteiger charge is 2.24. The van der Waals surface area contributed by atoms with E-state index in [0.717, 1.165) is 11.1 Å². The molecule has 2 aromatic carbocycles. The molecule has 1 aromatic heterocycles. The molecular weight excluding hydrogens is 378 g/mol. The standard InChI is InChI=1S/C24H27N3O3/c1-17(2)15-30-24(29)22(14-27-13-12-25-16-27)26-23(28)20-10-8-19(9-11-20)21-7-5-4-6-18(21)3/h4-13,16-17,22H,14-15H2,1-3H3,(H,26,28)/t22-/m0/s1. The van der Waals surface area contributed by atoms with Crippen LogP contribution in [0.25, 0.3) is 11.1 Å². The molecular formula is C24H27N3O3. The van der Waals surface area contributed by atoms with Crippen LogP contribution in [0, 0.1) is 12.8 Å². The van der Waals surface area contributed by atoms with Gasteiger partial charge in [-0.1, -0.05) is 50.2 Å². The summed E-state index contributed by atoms with van der Waals surface area (Å²) in [5.41, 5.74) is 3.82. The van der Waals surface area contributed by atoms with Gasteiger partial charge in [0.15, 0.2) is 0 Å². The van der Waals surface area contributed by atoms with Crippen LogP contribution in [0.3, 0.4) is 0 Å². The SMILES string of the molecule is Cc1ccccc1-c1ccc(C(=O)N[C@@H](Cn2ccnc2)C(=O)OCC(C)C)cc1. The Labute approximate surface area is 176 Å². The molecule has 3 rings (SSSR count). The first-order valence-electron chi connectivity index (χ1n) is 10.0. The number of benzene rings is 2. The van der Waals surface area contributed by atoms with Crippen molar-refractivity contribution < 1.29 is 14.3 Å². The zero-order valence-corrected chi connectivity index (χ0v) is 17.5. The monoisotopic (exact) mass is 405 g/mol. The number of ether oxygens (including phenoxy) is 1. The van der Waals surface area contributed by atoms with E-state index in [1.807, 2.05) is 38.1 Å². The number of hydrogen-bond donors (Lipinski definition) is 1. The molecule has 1 atom stereocenters. The van der Waals surface area contributed by atoms with Crippen LogP contribution < -0.4 is 5.32 Å². The lowest BCUT2D eigenvalue weighted by Gasteiger charge is -2.19. The Morgan fingerprint density at radius 2 is 1.83 bits per heavy atom. The van der Waals surface area contributed by atoms with Gasteiger partial charge in [0, 0.05) is 18.0 Å². The van der Waals surface area contributed by atoms with E-state index < -0.39 is 12.0 Å². The summed E-state index contributed by atoms with van der Waals surface area (Å²) in [4.78, 5) is 29.3. The Morgan fingerprint density at radius 3 is 2.47 bits per heavy atom. The van der Waals surface area contributed by atoms with E-state index in [-0.39, 0.29) is 18.4 Å². The second-order valence-electron chi connectivity index (χ2n) is 7.70. The van der Waals surface area contributed by atoms with Crippen LogP contribution in [-0.2, 0) is 16.1 Å². The molecule has 0 radical (unpaired) electrons. The maximum Gasteiger partial charge on any atom is 0.330 e. The number of hydrogen-bond acceptors (Lipinski definition) is 4. The molecule has 1 amide bonds. The molecule has 6 nitrogen and oxygen atoms in total. The molecule has 30 heavy (non-hydrogen) atoms. The van der Waals surface area contributed by atoms with E-state index in [1.54, 1.807) is 35.4 Å². The Morgan fingerprint density at radius 1 is 1.10 bits per heavy atom. The molecule has 0 aliphatic carbocycles. The van der Waals surface area contributed by atoms with Gasteiger partial charge in [-0.05, 0) is 41.7 Å². The van der Waals surface area contributed by atoms with Crippen molar-refractivity contribution in [2.75, 3.05) is 6.61 Å². The molecule has 0 saturated heterocycles. The number of nitrogens with one attached hydrogen (secondary N) is 1. The first kappa shape index (κ1) is 21.3. The van der Waals surface area contributed by atoms with Crippen LogP contribution in [0.2, 0.25) is 0 Å². The van der Waals surface area contributed by atoms with E-state index in [0.29, 0.717) is 12.2 Å². The van der Waals surface area contributed by atoms with Gasteiger partial charge in [-0.2, -0.15) is 0 Å². The van der Waals surface area contributed by atoms with Gasteiger partial charge in [-0.15, -0.1) is 0 Å². The number of aryl methyl sites for hydroxylation is 1. The number of carbonyl (C=O) groups is 2. The van der Waals surface area contributed by atoms with Gasteiger partial charge in [-0.25, -0.2) is 9.78 Å². The molecule has 0 fully saturated rings. The third kappa shape index (κ3) is 5.56. The zero-order chi connectivity index (χ0) is 21.5. The molecule has 0 aliphatic heterocycles. The van der Waals surface area contributed by atoms with E-state index in [1.165, 1.54) is 5.56 Å². The maximum absolute atomic E-state index is 12.8. The molecule has 0 aliphatic rings. The van der Waals surface area contributed by atoms with Crippen molar-refractivity contribution in [1.29, 1.82) is 0 Å². The highest BCUT2D eigenvalue weighted by Crippen LogP contribution is 2.23. The fourth-order valence-electron chi connectivity index (χ4n) is 3.07. The Kier molecular flexibility index (Phi) is 7.01. The van der Waals surface area contributed by atoms with E-state index in [2.05, 4.69) is 29.4 Å². The van der Waals surface area contributed by atoms with E-state index >= 15 is 0 Å². The topological polar surface area (TPSA) is 73.2 Å². The van der Waals surface area contributed by atoms with Crippen LogP contribution in [0.1, 0.15) is 29.8 Å². The van der Waals surface area contributed by atoms with Gasteiger partial charge in [0.2, 0.25) is 0 Å². The molecule has 6 heteroatoms. The molecule has 0 saturated carbocycles. The first-order valence-corrected chi connectivity index (χ1v) is 10.0. The molecule has 0 spiro atoms. The van der Waals surface area contributed by atoms with Crippen molar-refractivity contribution in [3.05, 3.63) is 78.4 Å². The summed E-state index contributed by atoms with van der Waals surface area (Å²) in [5.74, 6) is -0.562. The van der Waals surface area contributed by atoms with Gasteiger partial charge < -0.3 is 14.6 Å². The largest absolute Gasteiger partial charge is 0.464 e. The predicted molar refractivity (Wildman–Crippen MR) is 116 cm³/mol. The molecule has 0 unspecified atom stereocenters. The number of rotatable bonds is 8. The number of esters is 1. The van der Waals surface area contributed by atoms with Crippen molar-refractivity contribution in [3.63, 3.8) is 0 Å². The highest BCUT2D eigenvalue weighted by molar-refractivity contribution is 5.97. The number of aromatic nitrogens is 2. The number of nitrogens with zero attached hydrogens (tertiary/aromatic N) is 2. The maximum atomic E-state index is 12.8. The number of carbonyl (C=O) groups excluding carboxylic acids is 2. The normalized spacial score (nSPS) is 11.9. The minimum absolute atomic E-state index is 0.215. The lowest BCUT2D eigenvalue weighted by Crippen LogP contribution is -2.44. The summed E-state index contributed by atoms with van der Waals surface area (Å²) in [6.45, 7) is 6.54. The molecule has 0 bridgehead atoms. The van der Waals surface area contributed by atoms with Crippen molar-refractivity contribution in [2.24, 2.45) is 5.92 Å². The average Bonchev–Trinajstić information content (AvgIpc) is 3.25. The van der Waals surface area contributed by atoms with E-state index in [9.17, 15) is 9.59 Å². The molecule has 1 N–H and O–H groups in total. The molecule has 1 heterocycles. The summed E-state index contributed by atoms with van der Waals surface area (Å²) in [6, 6.07) is 14.7. The van der Waals surface area contributed by atoms with Crippen LogP contribution in [0.5, 0.6) is 0 Å².